The minimum atomic E-state index is 0.154. The molecule has 20 heavy (non-hydrogen) atoms. The summed E-state index contributed by atoms with van der Waals surface area (Å²) in [5, 5.41) is 2.42. The molecular weight excluding hydrogens is 270 g/mol. The fourth-order valence-corrected chi connectivity index (χ4v) is 3.69. The molecule has 2 aliphatic rings. The molecule has 1 aromatic rings. The Morgan fingerprint density at radius 1 is 1.35 bits per heavy atom. The number of pyridine rings is 1. The zero-order valence-electron chi connectivity index (χ0n) is 11.5. The number of isothiocyanates is 1. The largest absolute Gasteiger partial charge is 0.312 e. The third-order valence-electron chi connectivity index (χ3n) is 4.36. The van der Waals surface area contributed by atoms with E-state index in [0.717, 1.165) is 39.1 Å². The van der Waals surface area contributed by atoms with Crippen molar-refractivity contribution in [3.05, 3.63) is 34.2 Å². The van der Waals surface area contributed by atoms with Crippen LogP contribution < -0.4 is 5.56 Å². The van der Waals surface area contributed by atoms with E-state index in [9.17, 15) is 4.79 Å². The molecule has 1 aromatic heterocycles. The molecule has 0 N–H and O–H groups in total. The minimum Gasteiger partial charge on any atom is -0.312 e. The molecule has 5 heteroatoms. The molecule has 0 aliphatic carbocycles. The van der Waals surface area contributed by atoms with E-state index in [4.69, 9.17) is 0 Å². The molecule has 2 bridgehead atoms. The smallest absolute Gasteiger partial charge is 0.250 e. The first-order valence-electron chi connectivity index (χ1n) is 7.23. The zero-order chi connectivity index (χ0) is 13.9. The van der Waals surface area contributed by atoms with Crippen molar-refractivity contribution in [2.75, 3.05) is 26.2 Å². The first-order chi connectivity index (χ1) is 9.78. The molecule has 0 amide bonds. The molecule has 2 aliphatic heterocycles. The highest BCUT2D eigenvalue weighted by molar-refractivity contribution is 7.78. The van der Waals surface area contributed by atoms with Gasteiger partial charge in [0.15, 0.2) is 0 Å². The summed E-state index contributed by atoms with van der Waals surface area (Å²) < 4.78 is 1.98. The van der Waals surface area contributed by atoms with Crippen LogP contribution in [0.3, 0.4) is 0 Å². The van der Waals surface area contributed by atoms with Crippen molar-refractivity contribution in [1.29, 1.82) is 0 Å². The summed E-state index contributed by atoms with van der Waals surface area (Å²) in [6, 6.07) is 5.68. The first kappa shape index (κ1) is 13.7. The van der Waals surface area contributed by atoms with E-state index in [-0.39, 0.29) is 5.56 Å². The maximum Gasteiger partial charge on any atom is 0.250 e. The Labute approximate surface area is 124 Å². The normalized spacial score (nSPS) is 24.8. The highest BCUT2D eigenvalue weighted by Gasteiger charge is 2.33. The summed E-state index contributed by atoms with van der Waals surface area (Å²) in [5.41, 5.74) is 1.37. The van der Waals surface area contributed by atoms with Gasteiger partial charge >= 0.3 is 0 Å². The molecule has 3 rings (SSSR count). The molecule has 3 heterocycles. The maximum atomic E-state index is 11.9. The summed E-state index contributed by atoms with van der Waals surface area (Å²) in [5.74, 6) is 1.11. The number of hydrogen-bond donors (Lipinski definition) is 0. The van der Waals surface area contributed by atoms with Crippen LogP contribution in [0.1, 0.15) is 24.5 Å². The maximum absolute atomic E-state index is 11.9. The number of likely N-dealkylation sites (tertiary alicyclic amines) is 1. The lowest BCUT2D eigenvalue weighted by molar-refractivity contribution is 0.120. The molecule has 106 valence electrons. The Morgan fingerprint density at radius 2 is 2.25 bits per heavy atom. The van der Waals surface area contributed by atoms with E-state index in [1.165, 1.54) is 12.1 Å². The average molecular weight is 289 g/mol. The third kappa shape index (κ3) is 2.75. The molecule has 0 aromatic carbocycles. The van der Waals surface area contributed by atoms with Crippen LogP contribution in [0, 0.1) is 5.92 Å². The van der Waals surface area contributed by atoms with Gasteiger partial charge < -0.3 is 9.47 Å². The molecule has 0 saturated carbocycles. The minimum absolute atomic E-state index is 0.154. The summed E-state index contributed by atoms with van der Waals surface area (Å²) in [4.78, 5) is 18.4. The SMILES string of the molecule is O=c1cccc2n1C[C@H]1C[C@H]2CN(CCCN=C=S)C1. The van der Waals surface area contributed by atoms with Gasteiger partial charge in [0, 0.05) is 37.3 Å². The van der Waals surface area contributed by atoms with Crippen LogP contribution in [-0.4, -0.2) is 40.8 Å². The van der Waals surface area contributed by atoms with Crippen LogP contribution in [-0.2, 0) is 6.54 Å². The van der Waals surface area contributed by atoms with E-state index in [0.29, 0.717) is 11.8 Å². The fraction of sp³-hybridized carbons (Fsp3) is 0.600. The lowest BCUT2D eigenvalue weighted by Gasteiger charge is -2.42. The van der Waals surface area contributed by atoms with E-state index in [1.54, 1.807) is 6.07 Å². The number of hydrogen-bond acceptors (Lipinski definition) is 4. The second-order valence-corrected chi connectivity index (χ2v) is 5.97. The number of aliphatic imine (C=N–C) groups is 1. The van der Waals surface area contributed by atoms with Crippen LogP contribution in [0.2, 0.25) is 0 Å². The van der Waals surface area contributed by atoms with E-state index >= 15 is 0 Å². The summed E-state index contributed by atoms with van der Waals surface area (Å²) in [6.45, 7) is 4.86. The average Bonchev–Trinajstić information content (AvgIpc) is 2.45. The number of fused-ring (bicyclic) bond motifs is 4. The highest BCUT2D eigenvalue weighted by Crippen LogP contribution is 2.34. The second kappa shape index (κ2) is 6.00. The Morgan fingerprint density at radius 3 is 3.10 bits per heavy atom. The van der Waals surface area contributed by atoms with Crippen molar-refractivity contribution in [3.8, 4) is 0 Å². The molecule has 0 spiro atoms. The Bertz CT molecular complexity index is 591. The zero-order valence-corrected chi connectivity index (χ0v) is 12.3. The van der Waals surface area contributed by atoms with E-state index < -0.39 is 0 Å². The summed E-state index contributed by atoms with van der Waals surface area (Å²) >= 11 is 4.58. The van der Waals surface area contributed by atoms with Gasteiger partial charge in [-0.15, -0.1) is 0 Å². The molecule has 0 unspecified atom stereocenters. The Kier molecular flexibility index (Phi) is 4.10. The predicted molar refractivity (Wildman–Crippen MR) is 82.5 cm³/mol. The fourth-order valence-electron chi connectivity index (χ4n) is 3.60. The second-order valence-electron chi connectivity index (χ2n) is 5.78. The molecule has 4 nitrogen and oxygen atoms in total. The van der Waals surface area contributed by atoms with Gasteiger partial charge in [-0.05, 0) is 43.6 Å². The molecule has 2 atom stereocenters. The van der Waals surface area contributed by atoms with Crippen molar-refractivity contribution in [1.82, 2.24) is 9.47 Å². The number of aromatic nitrogens is 1. The Balaban J connectivity index is 1.70. The summed E-state index contributed by atoms with van der Waals surface area (Å²) in [7, 11) is 0. The van der Waals surface area contributed by atoms with Crippen molar-refractivity contribution in [3.63, 3.8) is 0 Å². The number of thiocarbonyl (C=S) groups is 1. The van der Waals surface area contributed by atoms with Crippen molar-refractivity contribution >= 4 is 17.4 Å². The van der Waals surface area contributed by atoms with Gasteiger partial charge in [-0.2, -0.15) is 0 Å². The van der Waals surface area contributed by atoms with Gasteiger partial charge in [0.2, 0.25) is 0 Å². The van der Waals surface area contributed by atoms with E-state index in [2.05, 4.69) is 33.3 Å². The third-order valence-corrected chi connectivity index (χ3v) is 4.49. The molecular formula is C15H19N3OS. The topological polar surface area (TPSA) is 37.6 Å². The number of rotatable bonds is 4. The predicted octanol–water partition coefficient (Wildman–Crippen LogP) is 1.76. The standard InChI is InChI=1S/C15H19N3OS/c19-15-4-1-3-14-13-7-12(9-18(14)15)8-17(10-13)6-2-5-16-11-20/h1,3-4,12-13H,2,5-10H2/t12-,13-/m0/s1. The molecule has 0 radical (unpaired) electrons. The van der Waals surface area contributed by atoms with Crippen LogP contribution >= 0.6 is 12.2 Å². The van der Waals surface area contributed by atoms with Crippen LogP contribution in [0.5, 0.6) is 0 Å². The quantitative estimate of drug-likeness (QED) is 0.481. The van der Waals surface area contributed by atoms with Gasteiger partial charge in [0.1, 0.15) is 0 Å². The monoisotopic (exact) mass is 289 g/mol. The van der Waals surface area contributed by atoms with Gasteiger partial charge in [0.05, 0.1) is 11.7 Å². The lowest BCUT2D eigenvalue weighted by atomic mass is 9.83. The van der Waals surface area contributed by atoms with Gasteiger partial charge in [-0.25, -0.2) is 4.99 Å². The highest BCUT2D eigenvalue weighted by atomic mass is 32.1. The first-order valence-corrected chi connectivity index (χ1v) is 7.64. The van der Waals surface area contributed by atoms with Gasteiger partial charge in [-0.1, -0.05) is 6.07 Å². The van der Waals surface area contributed by atoms with Crippen molar-refractivity contribution in [2.45, 2.75) is 25.3 Å². The van der Waals surface area contributed by atoms with Crippen molar-refractivity contribution < 1.29 is 0 Å². The Hall–Kier alpha value is -1.29. The van der Waals surface area contributed by atoms with Gasteiger partial charge in [-0.3, -0.25) is 4.79 Å². The lowest BCUT2D eigenvalue weighted by Crippen LogP contribution is -2.47. The van der Waals surface area contributed by atoms with Crippen molar-refractivity contribution in [2.24, 2.45) is 10.9 Å². The van der Waals surface area contributed by atoms with Gasteiger partial charge in [0.25, 0.3) is 5.56 Å². The number of nitrogens with zero attached hydrogens (tertiary/aromatic N) is 3. The van der Waals surface area contributed by atoms with E-state index in [1.807, 2.05) is 10.6 Å². The van der Waals surface area contributed by atoms with Crippen LogP contribution in [0.4, 0.5) is 0 Å². The molecule has 1 saturated heterocycles. The number of piperidine rings is 1. The van der Waals surface area contributed by atoms with Crippen LogP contribution in [0.15, 0.2) is 28.0 Å². The summed E-state index contributed by atoms with van der Waals surface area (Å²) in [6.07, 6.45) is 2.25. The van der Waals surface area contributed by atoms with Crippen LogP contribution in [0.25, 0.3) is 0 Å². The molecule has 1 fully saturated rings.